The summed E-state index contributed by atoms with van der Waals surface area (Å²) in [4.78, 5) is 126. The molecule has 0 radical (unpaired) electrons. The molecule has 0 saturated carbocycles. The molecule has 70 heavy (non-hydrogen) atoms. The molecule has 1 fully saturated rings. The van der Waals surface area contributed by atoms with Gasteiger partial charge in [0.05, 0.1) is 24.0 Å². The van der Waals surface area contributed by atoms with E-state index in [4.69, 9.17) is 11.5 Å². The van der Waals surface area contributed by atoms with Crippen molar-refractivity contribution in [3.63, 3.8) is 0 Å². The van der Waals surface area contributed by atoms with Gasteiger partial charge in [-0.05, 0) is 57.4 Å². The summed E-state index contributed by atoms with van der Waals surface area (Å²) in [5.74, 6) is -13.0. The molecule has 0 aliphatic carbocycles. The van der Waals surface area contributed by atoms with Crippen LogP contribution < -0.4 is 43.4 Å². The second kappa shape index (κ2) is 28.4. The molecule has 2 rings (SSSR count). The number of likely N-dealkylation sites (N-methyl/N-ethyl adjacent to an activating group) is 1. The van der Waals surface area contributed by atoms with Gasteiger partial charge in [-0.25, -0.2) is 9.59 Å². The van der Waals surface area contributed by atoms with E-state index >= 15 is 0 Å². The molecule has 386 valence electrons. The van der Waals surface area contributed by atoms with Crippen molar-refractivity contribution >= 4 is 59.2 Å². The summed E-state index contributed by atoms with van der Waals surface area (Å²) in [5, 5.41) is 46.3. The molecule has 1 saturated heterocycles. The number of aliphatic hydroxyl groups is 1. The molecule has 0 spiro atoms. The molecule has 22 nitrogen and oxygen atoms in total. The first kappa shape index (κ1) is 59.0. The van der Waals surface area contributed by atoms with Crippen molar-refractivity contribution in [1.29, 1.82) is 0 Å². The van der Waals surface area contributed by atoms with Gasteiger partial charge in [0.2, 0.25) is 35.4 Å². The van der Waals surface area contributed by atoms with Gasteiger partial charge in [0, 0.05) is 25.9 Å². The number of rotatable bonds is 14. The topological polar surface area (TPSA) is 354 Å². The van der Waals surface area contributed by atoms with Crippen LogP contribution in [0.3, 0.4) is 0 Å². The highest BCUT2D eigenvalue weighted by Gasteiger charge is 2.37. The summed E-state index contributed by atoms with van der Waals surface area (Å²) >= 11 is 0. The summed E-state index contributed by atoms with van der Waals surface area (Å²) in [6, 6.07) is 0.528. The minimum Gasteiger partial charge on any atom is -0.480 e. The molecule has 13 N–H and O–H groups in total. The molecule has 1 aromatic carbocycles. The average Bonchev–Trinajstić information content (AvgIpc) is 3.29. The first-order valence-electron chi connectivity index (χ1n) is 23.1. The van der Waals surface area contributed by atoms with E-state index in [-0.39, 0.29) is 43.6 Å². The first-order valence-corrected chi connectivity index (χ1v) is 23.1. The molecular weight excluding hydrogens is 909 g/mol. The Labute approximate surface area is 408 Å². The Morgan fingerprint density at radius 2 is 1.43 bits per heavy atom. The summed E-state index contributed by atoms with van der Waals surface area (Å²) in [6.07, 6.45) is 3.51. The minimum absolute atomic E-state index is 0.000429. The number of guanidine groups is 1. The van der Waals surface area contributed by atoms with Crippen molar-refractivity contribution in [1.82, 2.24) is 36.8 Å². The van der Waals surface area contributed by atoms with Crippen molar-refractivity contribution in [2.75, 3.05) is 13.6 Å². The van der Waals surface area contributed by atoms with Gasteiger partial charge in [-0.15, -0.1) is 0 Å². The Kier molecular flexibility index (Phi) is 24.0. The summed E-state index contributed by atoms with van der Waals surface area (Å²) in [6.45, 7) is 14.6. The van der Waals surface area contributed by atoms with E-state index < -0.39 is 126 Å². The summed E-state index contributed by atoms with van der Waals surface area (Å²) in [5.41, 5.74) is 12.1. The molecule has 10 atom stereocenters. The lowest BCUT2D eigenvalue weighted by atomic mass is 9.94. The van der Waals surface area contributed by atoms with Crippen LogP contribution in [-0.2, 0) is 49.6 Å². The van der Waals surface area contributed by atoms with Crippen molar-refractivity contribution in [2.24, 2.45) is 40.1 Å². The number of benzene rings is 1. The number of amides is 7. The predicted molar refractivity (Wildman–Crippen MR) is 260 cm³/mol. The first-order chi connectivity index (χ1) is 32.7. The zero-order chi connectivity index (χ0) is 53.0. The minimum atomic E-state index is -1.89. The van der Waals surface area contributed by atoms with E-state index in [1.807, 2.05) is 37.3 Å². The number of aliphatic carboxylic acids is 2. The zero-order valence-electron chi connectivity index (χ0n) is 41.2. The maximum absolute atomic E-state index is 14.3. The van der Waals surface area contributed by atoms with Crippen LogP contribution in [0.25, 0.3) is 0 Å². The Balaban J connectivity index is 2.71. The van der Waals surface area contributed by atoms with E-state index in [0.717, 1.165) is 10.5 Å². The van der Waals surface area contributed by atoms with Crippen molar-refractivity contribution in [3.8, 4) is 0 Å². The number of allylic oxidation sites excluding steroid dienone is 2. The molecule has 22 heteroatoms. The number of carbonyl (C=O) groups excluding carboxylic acids is 7. The fraction of sp³-hybridized carbons (Fsp3) is 0.542. The van der Waals surface area contributed by atoms with Crippen molar-refractivity contribution in [2.45, 2.75) is 129 Å². The van der Waals surface area contributed by atoms with Crippen LogP contribution in [0.1, 0.15) is 86.1 Å². The molecule has 1 aliphatic heterocycles. The number of nitrogens with zero attached hydrogens (tertiary/aromatic N) is 2. The van der Waals surface area contributed by atoms with Gasteiger partial charge in [0.25, 0.3) is 5.91 Å². The highest BCUT2D eigenvalue weighted by Crippen LogP contribution is 2.17. The number of aliphatic hydroxyl groups excluding tert-OH is 1. The van der Waals surface area contributed by atoms with Gasteiger partial charge in [-0.1, -0.05) is 95.3 Å². The second-order valence-electron chi connectivity index (χ2n) is 18.1. The lowest BCUT2D eigenvalue weighted by Crippen LogP contribution is -2.59. The largest absolute Gasteiger partial charge is 0.480 e. The zero-order valence-corrected chi connectivity index (χ0v) is 41.2. The van der Waals surface area contributed by atoms with Crippen LogP contribution >= 0.6 is 0 Å². The fourth-order valence-corrected chi connectivity index (χ4v) is 7.17. The predicted octanol–water partition coefficient (Wildman–Crippen LogP) is -0.0357. The Morgan fingerprint density at radius 1 is 0.829 bits per heavy atom. The van der Waals surface area contributed by atoms with E-state index in [2.05, 4.69) is 43.5 Å². The van der Waals surface area contributed by atoms with Gasteiger partial charge in [-0.2, -0.15) is 0 Å². The lowest BCUT2D eigenvalue weighted by Gasteiger charge is -2.28. The van der Waals surface area contributed by atoms with E-state index in [1.165, 1.54) is 33.9 Å². The highest BCUT2D eigenvalue weighted by molar-refractivity contribution is 6.00. The highest BCUT2D eigenvalue weighted by atomic mass is 16.4. The molecule has 0 bridgehead atoms. The number of aliphatic imine (C=N–C) groups is 1. The second-order valence-corrected chi connectivity index (χ2v) is 18.1. The SMILES string of the molecule is C=C1C(=O)N[C@H](C)C(=O)N[C@@H](CC(C)C)C(=O)N[C@@H](C(=O)O)[C@H](C)C(=O)N[C@@H](CCCN=C(N)N)C(=O)N[C@@H](C=CC(C)=C[C@H](C)[C@@H](O)Cc2ccccc2)[C@H](C)C(=O)N[C@@H](C(=O)O)CCC(=O)N1C. The van der Waals surface area contributed by atoms with E-state index in [9.17, 15) is 58.5 Å². The molecule has 0 aromatic heterocycles. The number of carbonyl (C=O) groups is 9. The van der Waals surface area contributed by atoms with Crippen LogP contribution in [0.15, 0.2) is 71.4 Å². The van der Waals surface area contributed by atoms with Crippen LogP contribution in [-0.4, -0.2) is 135 Å². The van der Waals surface area contributed by atoms with Gasteiger partial charge in [-0.3, -0.25) is 38.6 Å². The Bertz CT molecular complexity index is 2140. The Hall–Kier alpha value is -7.10. The van der Waals surface area contributed by atoms with Gasteiger partial charge in [0.1, 0.15) is 35.9 Å². The van der Waals surface area contributed by atoms with E-state index in [1.54, 1.807) is 32.9 Å². The molecule has 1 aromatic rings. The molecule has 7 amide bonds. The number of hydrogen-bond acceptors (Lipinski definition) is 11. The number of hydrogen-bond donors (Lipinski definition) is 11. The molecular formula is C48H72N10O12. The maximum atomic E-state index is 14.3. The lowest BCUT2D eigenvalue weighted by molar-refractivity contribution is -0.146. The number of nitrogens with two attached hydrogens (primary N) is 2. The molecule has 0 unspecified atom stereocenters. The summed E-state index contributed by atoms with van der Waals surface area (Å²) in [7, 11) is 1.20. The average molecular weight is 981 g/mol. The van der Waals surface area contributed by atoms with Crippen molar-refractivity contribution in [3.05, 3.63) is 72.0 Å². The number of nitrogens with one attached hydrogen (secondary N) is 6. The number of carboxylic acid groups (broad SMARTS) is 2. The van der Waals surface area contributed by atoms with Crippen LogP contribution in [0.2, 0.25) is 0 Å². The Morgan fingerprint density at radius 3 is 2.01 bits per heavy atom. The quantitative estimate of drug-likeness (QED) is 0.0384. The maximum Gasteiger partial charge on any atom is 0.327 e. The van der Waals surface area contributed by atoms with Gasteiger partial charge >= 0.3 is 11.9 Å². The van der Waals surface area contributed by atoms with Gasteiger partial charge in [0.15, 0.2) is 5.96 Å². The standard InChI is InChI=1S/C48H72N10O12/c1-25(2)22-36-45(66)57-39(47(69)70)29(6)41(62)54-34(16-13-21-51-48(49)50)44(65)53-33(18-17-26(3)23-27(4)37(59)24-32-14-11-10-12-15-32)28(5)40(61)55-35(46(67)68)19-20-38(60)58(9)31(8)43(64)52-30(7)42(63)56-36/h10-12,14-15,17-18,23,25,27-30,33-37,39,59H,8,13,16,19-22,24H2,1-7,9H3,(H,52,64)(H,53,65)(H,54,62)(H,55,61)(H,56,63)(H,57,66)(H,67,68)(H,69,70)(H4,49,50,51)/t27-,28-,29-,30+,33-,34-,35+,36-,37-,39+/m0/s1. The smallest absolute Gasteiger partial charge is 0.327 e. The number of carboxylic acids is 2. The monoisotopic (exact) mass is 981 g/mol. The molecule has 1 aliphatic rings. The van der Waals surface area contributed by atoms with Crippen LogP contribution in [0.5, 0.6) is 0 Å². The normalized spacial score (nSPS) is 25.5. The van der Waals surface area contributed by atoms with Crippen molar-refractivity contribution < 1.29 is 58.5 Å². The van der Waals surface area contributed by atoms with Gasteiger partial charge < -0.3 is 63.6 Å². The van der Waals surface area contributed by atoms with Crippen LogP contribution in [0, 0.1) is 23.7 Å². The van der Waals surface area contributed by atoms with Crippen LogP contribution in [0.4, 0.5) is 0 Å². The van der Waals surface area contributed by atoms with E-state index in [0.29, 0.717) is 12.0 Å². The molecule has 1 heterocycles. The fourth-order valence-electron chi connectivity index (χ4n) is 7.17. The summed E-state index contributed by atoms with van der Waals surface area (Å²) < 4.78 is 0. The third kappa shape index (κ3) is 19.5. The third-order valence-electron chi connectivity index (χ3n) is 11.7. The third-order valence-corrected chi connectivity index (χ3v) is 11.7.